The summed E-state index contributed by atoms with van der Waals surface area (Å²) in [6.07, 6.45) is -0.711. The number of amides is 1. The van der Waals surface area contributed by atoms with Crippen LogP contribution in [0.5, 0.6) is 0 Å². The molecule has 2 heterocycles. The normalized spacial score (nSPS) is 11.7. The van der Waals surface area contributed by atoms with Gasteiger partial charge < -0.3 is 14.5 Å². The second kappa shape index (κ2) is 8.93. The Hall–Kier alpha value is -3.78. The molecule has 4 aromatic rings. The van der Waals surface area contributed by atoms with Crippen LogP contribution in [0.3, 0.4) is 0 Å². The number of carbonyl (C=O) groups is 2. The van der Waals surface area contributed by atoms with Crippen LogP contribution in [0.25, 0.3) is 11.5 Å². The molecule has 0 saturated carbocycles. The van der Waals surface area contributed by atoms with Crippen LogP contribution in [-0.2, 0) is 4.74 Å². The zero-order valence-corrected chi connectivity index (χ0v) is 17.7. The molecule has 0 radical (unpaired) electrons. The number of nitrogens with one attached hydrogen (secondary N) is 1. The first kappa shape index (κ1) is 20.5. The van der Waals surface area contributed by atoms with Crippen molar-refractivity contribution < 1.29 is 18.7 Å². The van der Waals surface area contributed by atoms with Crippen LogP contribution in [0.1, 0.15) is 44.5 Å². The van der Waals surface area contributed by atoms with Gasteiger partial charge in [-0.1, -0.05) is 23.8 Å². The fourth-order valence-corrected chi connectivity index (χ4v) is 3.40. The molecule has 1 unspecified atom stereocenters. The lowest BCUT2D eigenvalue weighted by molar-refractivity contribution is 0.0280. The van der Waals surface area contributed by atoms with E-state index in [1.165, 1.54) is 11.3 Å². The lowest BCUT2D eigenvalue weighted by atomic mass is 10.1. The number of ether oxygens (including phenoxy) is 1. The number of aromatic nitrogens is 2. The molecule has 0 fully saturated rings. The summed E-state index contributed by atoms with van der Waals surface area (Å²) in [6.45, 7) is 3.66. The van der Waals surface area contributed by atoms with Crippen LogP contribution in [-0.4, -0.2) is 22.1 Å². The fraction of sp³-hybridized carbons (Fsp3) is 0.130. The van der Waals surface area contributed by atoms with Gasteiger partial charge in [0.2, 0.25) is 5.89 Å². The minimum absolute atomic E-state index is 0.195. The molecule has 2 aromatic heterocycles. The fourth-order valence-electron chi connectivity index (χ4n) is 2.78. The van der Waals surface area contributed by atoms with E-state index in [4.69, 9.17) is 9.15 Å². The quantitative estimate of drug-likeness (QED) is 0.416. The molecule has 7 nitrogen and oxygen atoms in total. The van der Waals surface area contributed by atoms with Gasteiger partial charge in [0.1, 0.15) is 0 Å². The average Bonchev–Trinajstić information content (AvgIpc) is 3.47. The van der Waals surface area contributed by atoms with Crippen LogP contribution in [0.4, 0.5) is 5.69 Å². The SMILES string of the molecule is Cc1ccc(-c2nnc(C(C)OC(=O)c3ccc(NC(=O)c4cccs4)cc3)o2)cc1. The van der Waals surface area contributed by atoms with Crippen molar-refractivity contribution in [2.45, 2.75) is 20.0 Å². The van der Waals surface area contributed by atoms with Crippen molar-refractivity contribution in [1.82, 2.24) is 10.2 Å². The molecule has 1 N–H and O–H groups in total. The van der Waals surface area contributed by atoms with Gasteiger partial charge in [-0.3, -0.25) is 4.79 Å². The number of hydrogen-bond acceptors (Lipinski definition) is 7. The maximum absolute atomic E-state index is 12.5. The van der Waals surface area contributed by atoms with Gasteiger partial charge in [-0.2, -0.15) is 0 Å². The number of hydrogen-bond donors (Lipinski definition) is 1. The molecule has 1 amide bonds. The van der Waals surface area contributed by atoms with Gasteiger partial charge in [0, 0.05) is 11.3 Å². The third-order valence-corrected chi connectivity index (χ3v) is 5.36. The number of nitrogens with zero attached hydrogens (tertiary/aromatic N) is 2. The number of thiophene rings is 1. The summed E-state index contributed by atoms with van der Waals surface area (Å²) in [7, 11) is 0. The van der Waals surface area contributed by atoms with Crippen molar-refractivity contribution in [2.24, 2.45) is 0 Å². The van der Waals surface area contributed by atoms with Crippen molar-refractivity contribution in [2.75, 3.05) is 5.32 Å². The number of rotatable bonds is 6. The molecule has 2 aromatic carbocycles. The Bertz CT molecular complexity index is 1180. The zero-order valence-electron chi connectivity index (χ0n) is 16.9. The first-order chi connectivity index (χ1) is 15.0. The Morgan fingerprint density at radius 2 is 1.77 bits per heavy atom. The summed E-state index contributed by atoms with van der Waals surface area (Å²) < 4.78 is 11.1. The highest BCUT2D eigenvalue weighted by molar-refractivity contribution is 7.12. The summed E-state index contributed by atoms with van der Waals surface area (Å²) in [4.78, 5) is 25.2. The van der Waals surface area contributed by atoms with Gasteiger partial charge in [-0.15, -0.1) is 21.5 Å². The molecule has 0 aliphatic rings. The predicted molar refractivity (Wildman–Crippen MR) is 117 cm³/mol. The van der Waals surface area contributed by atoms with Crippen molar-refractivity contribution in [3.8, 4) is 11.5 Å². The molecule has 156 valence electrons. The van der Waals surface area contributed by atoms with E-state index in [1.54, 1.807) is 37.3 Å². The summed E-state index contributed by atoms with van der Waals surface area (Å²) in [6, 6.07) is 17.7. The topological polar surface area (TPSA) is 94.3 Å². The van der Waals surface area contributed by atoms with Crippen molar-refractivity contribution in [3.63, 3.8) is 0 Å². The van der Waals surface area contributed by atoms with Crippen molar-refractivity contribution >= 4 is 28.9 Å². The Balaban J connectivity index is 1.37. The maximum Gasteiger partial charge on any atom is 0.338 e. The summed E-state index contributed by atoms with van der Waals surface area (Å²) in [5.41, 5.74) is 2.85. The Morgan fingerprint density at radius 1 is 1.03 bits per heavy atom. The molecular formula is C23H19N3O4S. The van der Waals surface area contributed by atoms with Gasteiger partial charge in [0.25, 0.3) is 11.8 Å². The van der Waals surface area contributed by atoms with Crippen LogP contribution in [0, 0.1) is 6.92 Å². The lowest BCUT2D eigenvalue weighted by Crippen LogP contribution is -2.11. The van der Waals surface area contributed by atoms with Crippen molar-refractivity contribution in [1.29, 1.82) is 0 Å². The Labute approximate surface area is 182 Å². The van der Waals surface area contributed by atoms with E-state index in [1.807, 2.05) is 42.6 Å². The first-order valence-corrected chi connectivity index (χ1v) is 10.4. The number of anilines is 1. The first-order valence-electron chi connectivity index (χ1n) is 9.56. The number of esters is 1. The lowest BCUT2D eigenvalue weighted by Gasteiger charge is -2.10. The molecule has 0 saturated heterocycles. The van der Waals surface area contributed by atoms with Gasteiger partial charge >= 0.3 is 5.97 Å². The third kappa shape index (κ3) is 4.87. The maximum atomic E-state index is 12.5. The standard InChI is InChI=1S/C23H19N3O4S/c1-14-5-7-16(8-6-14)22-26-25-21(30-22)15(2)29-23(28)17-9-11-18(12-10-17)24-20(27)19-4-3-13-31-19/h3-13,15H,1-2H3,(H,24,27). The highest BCUT2D eigenvalue weighted by Gasteiger charge is 2.20. The smallest absolute Gasteiger partial charge is 0.338 e. The van der Waals surface area contributed by atoms with E-state index in [0.717, 1.165) is 11.1 Å². The summed E-state index contributed by atoms with van der Waals surface area (Å²) in [5, 5.41) is 12.6. The average molecular weight is 433 g/mol. The third-order valence-electron chi connectivity index (χ3n) is 4.49. The van der Waals surface area contributed by atoms with E-state index in [0.29, 0.717) is 22.0 Å². The van der Waals surface area contributed by atoms with Crippen molar-refractivity contribution in [3.05, 3.63) is 87.9 Å². The minimum atomic E-state index is -0.711. The van der Waals surface area contributed by atoms with E-state index in [2.05, 4.69) is 15.5 Å². The molecule has 1 atom stereocenters. The predicted octanol–water partition coefficient (Wildman–Crippen LogP) is 5.28. The highest BCUT2D eigenvalue weighted by atomic mass is 32.1. The van der Waals surface area contributed by atoms with E-state index >= 15 is 0 Å². The number of benzene rings is 2. The second-order valence-corrected chi connectivity index (χ2v) is 7.82. The molecule has 0 aliphatic heterocycles. The van der Waals surface area contributed by atoms with E-state index < -0.39 is 12.1 Å². The van der Waals surface area contributed by atoms with Crippen LogP contribution in [0.15, 0.2) is 70.5 Å². The molecule has 8 heteroatoms. The molecule has 0 bridgehead atoms. The Morgan fingerprint density at radius 3 is 2.45 bits per heavy atom. The molecule has 4 rings (SSSR count). The Kier molecular flexibility index (Phi) is 5.90. The van der Waals surface area contributed by atoms with Crippen LogP contribution in [0.2, 0.25) is 0 Å². The van der Waals surface area contributed by atoms with Gasteiger partial charge in [0.05, 0.1) is 10.4 Å². The number of aryl methyl sites for hydroxylation is 1. The molecule has 0 spiro atoms. The van der Waals surface area contributed by atoms with Gasteiger partial charge in [-0.05, 0) is 61.7 Å². The van der Waals surface area contributed by atoms with Gasteiger partial charge in [-0.25, -0.2) is 4.79 Å². The largest absolute Gasteiger partial charge is 0.449 e. The molecular weight excluding hydrogens is 414 g/mol. The highest BCUT2D eigenvalue weighted by Crippen LogP contribution is 2.24. The molecule has 31 heavy (non-hydrogen) atoms. The monoisotopic (exact) mass is 433 g/mol. The minimum Gasteiger partial charge on any atom is -0.449 e. The van der Waals surface area contributed by atoms with E-state index in [-0.39, 0.29) is 11.8 Å². The second-order valence-electron chi connectivity index (χ2n) is 6.87. The zero-order chi connectivity index (χ0) is 21.8. The summed E-state index contributed by atoms with van der Waals surface area (Å²) >= 11 is 1.36. The number of carbonyl (C=O) groups excluding carboxylic acids is 2. The van der Waals surface area contributed by atoms with Gasteiger partial charge in [0.15, 0.2) is 6.10 Å². The van der Waals surface area contributed by atoms with Crippen LogP contribution < -0.4 is 5.32 Å². The summed E-state index contributed by atoms with van der Waals surface area (Å²) in [5.74, 6) is -0.147. The molecule has 0 aliphatic carbocycles. The van der Waals surface area contributed by atoms with E-state index in [9.17, 15) is 9.59 Å². The van der Waals surface area contributed by atoms with Crippen LogP contribution >= 0.6 is 11.3 Å².